The third-order valence-electron chi connectivity index (χ3n) is 3.34. The molecular weight excluding hydrogens is 232 g/mol. The van der Waals surface area contributed by atoms with E-state index in [2.05, 4.69) is 4.90 Å². The zero-order chi connectivity index (χ0) is 11.3. The summed E-state index contributed by atoms with van der Waals surface area (Å²) in [6, 6.07) is 0. The van der Waals surface area contributed by atoms with Crippen LogP contribution in [0.4, 0.5) is 4.39 Å². The standard InChI is InChI=1S/C10H17FNO.C2H6.K/c11-9-1-5-12(6-2-9)7-10(8-13)3-4-10;1-2;/h9H,1-8H2;1-2H3;/q-1;;+1. The first-order valence-corrected chi connectivity index (χ1v) is 6.19. The van der Waals surface area contributed by atoms with Crippen LogP contribution in [0.1, 0.15) is 39.5 Å². The summed E-state index contributed by atoms with van der Waals surface area (Å²) in [5.74, 6) is 0. The largest absolute Gasteiger partial charge is 1.00 e. The van der Waals surface area contributed by atoms with Gasteiger partial charge in [-0.1, -0.05) is 13.8 Å². The SMILES string of the molecule is CC.[K+].[O-]CC1(CN2CCC(F)CC2)CC1. The van der Waals surface area contributed by atoms with E-state index in [1.54, 1.807) is 0 Å². The molecule has 16 heavy (non-hydrogen) atoms. The first-order chi connectivity index (χ1) is 7.24. The Balaban J connectivity index is 0.000000711. The van der Waals surface area contributed by atoms with E-state index in [9.17, 15) is 9.50 Å². The number of nitrogens with zero attached hydrogens (tertiary/aromatic N) is 1. The number of alkyl halides is 1. The maximum atomic E-state index is 12.8. The van der Waals surface area contributed by atoms with Gasteiger partial charge >= 0.3 is 51.4 Å². The molecular formula is C12H23FKNO. The molecule has 0 aromatic heterocycles. The van der Waals surface area contributed by atoms with E-state index in [0.29, 0.717) is 12.8 Å². The third-order valence-corrected chi connectivity index (χ3v) is 3.34. The summed E-state index contributed by atoms with van der Waals surface area (Å²) in [5.41, 5.74) is 0.0865. The van der Waals surface area contributed by atoms with Gasteiger partial charge in [0.25, 0.3) is 0 Å². The molecule has 0 N–H and O–H groups in total. The summed E-state index contributed by atoms with van der Waals surface area (Å²) in [6.07, 6.45) is 2.90. The van der Waals surface area contributed by atoms with E-state index in [-0.39, 0.29) is 63.4 Å². The van der Waals surface area contributed by atoms with Crippen LogP contribution in [-0.2, 0) is 0 Å². The Morgan fingerprint density at radius 1 is 1.25 bits per heavy atom. The Labute approximate surface area is 141 Å². The summed E-state index contributed by atoms with van der Waals surface area (Å²) in [4.78, 5) is 2.26. The van der Waals surface area contributed by atoms with Crippen molar-refractivity contribution in [2.75, 3.05) is 26.2 Å². The smallest absolute Gasteiger partial charge is 0.854 e. The van der Waals surface area contributed by atoms with Gasteiger partial charge in [-0.3, -0.25) is 0 Å². The van der Waals surface area contributed by atoms with Crippen LogP contribution in [0, 0.1) is 5.41 Å². The van der Waals surface area contributed by atoms with Gasteiger partial charge < -0.3 is 10.0 Å². The minimum absolute atomic E-state index is 0. The summed E-state index contributed by atoms with van der Waals surface area (Å²) in [5, 5.41) is 10.9. The van der Waals surface area contributed by atoms with Gasteiger partial charge in [0, 0.05) is 19.6 Å². The van der Waals surface area contributed by atoms with Crippen molar-refractivity contribution in [2.24, 2.45) is 5.41 Å². The summed E-state index contributed by atoms with van der Waals surface area (Å²) in [6.45, 7) is 6.68. The first-order valence-electron chi connectivity index (χ1n) is 6.19. The summed E-state index contributed by atoms with van der Waals surface area (Å²) in [7, 11) is 0. The van der Waals surface area contributed by atoms with Crippen LogP contribution < -0.4 is 56.5 Å². The normalized spacial score (nSPS) is 24.0. The van der Waals surface area contributed by atoms with Crippen molar-refractivity contribution >= 4 is 0 Å². The van der Waals surface area contributed by atoms with Gasteiger partial charge in [0.2, 0.25) is 0 Å². The monoisotopic (exact) mass is 255 g/mol. The fourth-order valence-corrected chi connectivity index (χ4v) is 2.06. The van der Waals surface area contributed by atoms with Crippen LogP contribution in [0.5, 0.6) is 0 Å². The Hall–Kier alpha value is 1.49. The second-order valence-corrected chi connectivity index (χ2v) is 4.60. The number of piperidine rings is 1. The van der Waals surface area contributed by atoms with Crippen molar-refractivity contribution in [3.63, 3.8) is 0 Å². The molecule has 1 heterocycles. The van der Waals surface area contributed by atoms with Crippen LogP contribution in [0.2, 0.25) is 0 Å². The van der Waals surface area contributed by atoms with E-state index in [1.807, 2.05) is 13.8 Å². The van der Waals surface area contributed by atoms with E-state index in [1.165, 1.54) is 0 Å². The maximum absolute atomic E-state index is 12.8. The molecule has 1 saturated heterocycles. The molecule has 0 aromatic carbocycles. The second-order valence-electron chi connectivity index (χ2n) is 4.60. The molecule has 2 rings (SSSR count). The number of likely N-dealkylation sites (tertiary alicyclic amines) is 1. The van der Waals surface area contributed by atoms with Crippen molar-refractivity contribution < 1.29 is 60.9 Å². The topological polar surface area (TPSA) is 26.3 Å². The molecule has 0 radical (unpaired) electrons. The fraction of sp³-hybridized carbons (Fsp3) is 1.00. The molecule has 0 atom stereocenters. The molecule has 0 spiro atoms. The van der Waals surface area contributed by atoms with Crippen LogP contribution in [0.25, 0.3) is 0 Å². The zero-order valence-corrected chi connectivity index (χ0v) is 14.1. The molecule has 4 heteroatoms. The molecule has 1 aliphatic heterocycles. The van der Waals surface area contributed by atoms with Gasteiger partial charge in [0.1, 0.15) is 6.17 Å². The van der Waals surface area contributed by atoms with Gasteiger partial charge in [-0.25, -0.2) is 4.39 Å². The van der Waals surface area contributed by atoms with Crippen molar-refractivity contribution in [3.05, 3.63) is 0 Å². The first kappa shape index (κ1) is 17.5. The van der Waals surface area contributed by atoms with Crippen molar-refractivity contribution in [3.8, 4) is 0 Å². The minimum Gasteiger partial charge on any atom is -0.854 e. The molecule has 0 bridgehead atoms. The number of hydrogen-bond acceptors (Lipinski definition) is 2. The van der Waals surface area contributed by atoms with Crippen molar-refractivity contribution in [1.82, 2.24) is 4.90 Å². The molecule has 2 nitrogen and oxygen atoms in total. The van der Waals surface area contributed by atoms with E-state index < -0.39 is 6.17 Å². The Morgan fingerprint density at radius 3 is 2.12 bits per heavy atom. The predicted molar refractivity (Wildman–Crippen MR) is 58.5 cm³/mol. The Kier molecular flexibility index (Phi) is 9.36. The van der Waals surface area contributed by atoms with Crippen molar-refractivity contribution in [1.29, 1.82) is 0 Å². The Morgan fingerprint density at radius 2 is 1.75 bits per heavy atom. The molecule has 1 saturated carbocycles. The summed E-state index contributed by atoms with van der Waals surface area (Å²) >= 11 is 0. The molecule has 1 aliphatic carbocycles. The maximum Gasteiger partial charge on any atom is 1.00 e. The second kappa shape index (κ2) is 8.56. The average Bonchev–Trinajstić information content (AvgIpc) is 3.05. The van der Waals surface area contributed by atoms with Crippen LogP contribution in [0.15, 0.2) is 0 Å². The molecule has 90 valence electrons. The molecule has 0 aromatic rings. The van der Waals surface area contributed by atoms with Crippen LogP contribution in [-0.4, -0.2) is 37.3 Å². The quantitative estimate of drug-likeness (QED) is 0.579. The zero-order valence-electron chi connectivity index (χ0n) is 11.0. The molecule has 0 amide bonds. The van der Waals surface area contributed by atoms with E-state index >= 15 is 0 Å². The van der Waals surface area contributed by atoms with Gasteiger partial charge in [-0.05, 0) is 31.1 Å². The van der Waals surface area contributed by atoms with Gasteiger partial charge in [0.15, 0.2) is 0 Å². The number of rotatable bonds is 3. The number of halogens is 1. The van der Waals surface area contributed by atoms with Crippen molar-refractivity contribution in [2.45, 2.75) is 45.7 Å². The third kappa shape index (κ3) is 5.42. The van der Waals surface area contributed by atoms with Gasteiger partial charge in [-0.15, -0.1) is 6.61 Å². The van der Waals surface area contributed by atoms with Gasteiger partial charge in [0.05, 0.1) is 0 Å². The average molecular weight is 255 g/mol. The Bertz CT molecular complexity index is 180. The van der Waals surface area contributed by atoms with E-state index in [4.69, 9.17) is 0 Å². The number of hydrogen-bond donors (Lipinski definition) is 0. The van der Waals surface area contributed by atoms with Crippen LogP contribution in [0.3, 0.4) is 0 Å². The molecule has 2 aliphatic rings. The fourth-order valence-electron chi connectivity index (χ4n) is 2.06. The summed E-state index contributed by atoms with van der Waals surface area (Å²) < 4.78 is 12.8. The minimum atomic E-state index is -0.598. The van der Waals surface area contributed by atoms with Gasteiger partial charge in [-0.2, -0.15) is 0 Å². The van der Waals surface area contributed by atoms with E-state index in [0.717, 1.165) is 32.5 Å². The predicted octanol–water partition coefficient (Wildman–Crippen LogP) is -1.41. The molecule has 2 fully saturated rings. The molecule has 0 unspecified atom stereocenters. The van der Waals surface area contributed by atoms with Crippen LogP contribution >= 0.6 is 0 Å².